The summed E-state index contributed by atoms with van der Waals surface area (Å²) in [7, 11) is 0. The Morgan fingerprint density at radius 1 is 1.00 bits per heavy atom. The molecular formula is C25H40O2. The van der Waals surface area contributed by atoms with Crippen molar-refractivity contribution in [3.63, 3.8) is 0 Å². The maximum Gasteiger partial charge on any atom is 0.132 e. The number of benzene rings is 1. The maximum absolute atomic E-state index is 12.1. The fraction of sp³-hybridized carbons (Fsp3) is 0.720. The van der Waals surface area contributed by atoms with Gasteiger partial charge in [-0.05, 0) is 74.8 Å². The van der Waals surface area contributed by atoms with Crippen molar-refractivity contribution in [3.8, 4) is 0 Å². The normalized spacial score (nSPS) is 22.4. The lowest BCUT2D eigenvalue weighted by Gasteiger charge is -2.32. The van der Waals surface area contributed by atoms with Gasteiger partial charge in [-0.1, -0.05) is 63.8 Å². The summed E-state index contributed by atoms with van der Waals surface area (Å²) in [5.74, 6) is 1.69. The number of aliphatic hydroxyl groups excluding tert-OH is 1. The first-order valence-electron chi connectivity index (χ1n) is 11.3. The lowest BCUT2D eigenvalue weighted by molar-refractivity contribution is -0.121. The second-order valence-electron chi connectivity index (χ2n) is 8.73. The summed E-state index contributed by atoms with van der Waals surface area (Å²) in [5.41, 5.74) is 2.67. The number of carbonyl (C=O) groups excluding carboxylic acids is 1. The van der Waals surface area contributed by atoms with Crippen molar-refractivity contribution in [3.05, 3.63) is 35.4 Å². The maximum atomic E-state index is 12.1. The van der Waals surface area contributed by atoms with Gasteiger partial charge < -0.3 is 5.11 Å². The van der Waals surface area contributed by atoms with E-state index >= 15 is 0 Å². The Bertz CT molecular complexity index is 540. The zero-order valence-electron chi connectivity index (χ0n) is 17.8. The number of rotatable bonds is 11. The molecule has 0 amide bonds. The molecule has 2 rings (SSSR count). The van der Waals surface area contributed by atoms with Crippen LogP contribution in [0.2, 0.25) is 0 Å². The van der Waals surface area contributed by atoms with Gasteiger partial charge in [-0.2, -0.15) is 0 Å². The molecule has 2 nitrogen and oxygen atoms in total. The predicted molar refractivity (Wildman–Crippen MR) is 114 cm³/mol. The molecule has 0 bridgehead atoms. The van der Waals surface area contributed by atoms with Crippen molar-refractivity contribution in [2.75, 3.05) is 0 Å². The van der Waals surface area contributed by atoms with Crippen LogP contribution < -0.4 is 0 Å². The van der Waals surface area contributed by atoms with E-state index in [0.717, 1.165) is 38.0 Å². The van der Waals surface area contributed by atoms with E-state index in [1.807, 2.05) is 0 Å². The second-order valence-corrected chi connectivity index (χ2v) is 8.73. The van der Waals surface area contributed by atoms with E-state index < -0.39 is 0 Å². The lowest BCUT2D eigenvalue weighted by atomic mass is 9.76. The highest BCUT2D eigenvalue weighted by atomic mass is 16.3. The molecule has 0 aliphatic heterocycles. The van der Waals surface area contributed by atoms with Gasteiger partial charge >= 0.3 is 0 Å². The number of carbonyl (C=O) groups is 1. The standard InChI is InChI=1S/C25H40O2/c1-4-6-21-12-15-24(16-13-21)25(27)18-17-23(19(3)26)14-11-22-9-7-20(5-2)8-10-22/h7-10,21,23-25,27H,4-6,11-18H2,1-3H3. The van der Waals surface area contributed by atoms with Gasteiger partial charge in [0.25, 0.3) is 0 Å². The smallest absolute Gasteiger partial charge is 0.132 e. The van der Waals surface area contributed by atoms with Crippen LogP contribution in [0.15, 0.2) is 24.3 Å². The largest absolute Gasteiger partial charge is 0.393 e. The summed E-state index contributed by atoms with van der Waals surface area (Å²) in [4.78, 5) is 12.1. The summed E-state index contributed by atoms with van der Waals surface area (Å²) in [5, 5.41) is 10.7. The Labute approximate surface area is 166 Å². The molecule has 1 aromatic carbocycles. The topological polar surface area (TPSA) is 37.3 Å². The summed E-state index contributed by atoms with van der Waals surface area (Å²) < 4.78 is 0. The molecule has 152 valence electrons. The predicted octanol–water partition coefficient (Wildman–Crippen LogP) is 6.13. The Balaban J connectivity index is 1.75. The third kappa shape index (κ3) is 7.41. The Morgan fingerprint density at radius 3 is 2.19 bits per heavy atom. The molecule has 1 fully saturated rings. The SMILES string of the molecule is CCCC1CCC(C(O)CCC(CCc2ccc(CC)cc2)C(C)=O)CC1. The first kappa shape index (κ1) is 22.1. The highest BCUT2D eigenvalue weighted by Crippen LogP contribution is 2.34. The van der Waals surface area contributed by atoms with Gasteiger partial charge in [-0.25, -0.2) is 0 Å². The number of hydrogen-bond donors (Lipinski definition) is 1. The van der Waals surface area contributed by atoms with Gasteiger partial charge in [0.05, 0.1) is 6.10 Å². The third-order valence-electron chi connectivity index (χ3n) is 6.73. The van der Waals surface area contributed by atoms with Crippen LogP contribution in [0.5, 0.6) is 0 Å². The number of aliphatic hydroxyl groups is 1. The second kappa shape index (κ2) is 11.6. The Kier molecular flexibility index (Phi) is 9.54. The molecule has 0 spiro atoms. The molecule has 0 heterocycles. The van der Waals surface area contributed by atoms with Crippen LogP contribution >= 0.6 is 0 Å². The number of aryl methyl sites for hydroxylation is 2. The summed E-state index contributed by atoms with van der Waals surface area (Å²) >= 11 is 0. The molecule has 1 aliphatic carbocycles. The van der Waals surface area contributed by atoms with Gasteiger partial charge in [-0.3, -0.25) is 4.79 Å². The molecular weight excluding hydrogens is 332 g/mol. The Hall–Kier alpha value is -1.15. The number of Topliss-reactive ketones (excluding diaryl/α,β-unsaturated/α-hetero) is 1. The van der Waals surface area contributed by atoms with Crippen LogP contribution in [0, 0.1) is 17.8 Å². The van der Waals surface area contributed by atoms with E-state index in [9.17, 15) is 9.90 Å². The van der Waals surface area contributed by atoms with Gasteiger partial charge in [0.1, 0.15) is 5.78 Å². The molecule has 1 aliphatic rings. The zero-order valence-corrected chi connectivity index (χ0v) is 17.8. The molecule has 0 radical (unpaired) electrons. The fourth-order valence-corrected chi connectivity index (χ4v) is 4.71. The average Bonchev–Trinajstić information content (AvgIpc) is 2.68. The summed E-state index contributed by atoms with van der Waals surface area (Å²) in [6.07, 6.45) is 11.8. The molecule has 1 saturated carbocycles. The van der Waals surface area contributed by atoms with Crippen molar-refractivity contribution < 1.29 is 9.90 Å². The first-order chi connectivity index (χ1) is 13.0. The van der Waals surface area contributed by atoms with E-state index in [1.54, 1.807) is 6.92 Å². The minimum atomic E-state index is -0.224. The van der Waals surface area contributed by atoms with E-state index in [1.165, 1.54) is 49.7 Å². The van der Waals surface area contributed by atoms with Crippen LogP contribution in [-0.2, 0) is 17.6 Å². The van der Waals surface area contributed by atoms with Gasteiger partial charge in [0.2, 0.25) is 0 Å². The number of hydrogen-bond acceptors (Lipinski definition) is 2. The van der Waals surface area contributed by atoms with Crippen LogP contribution in [0.1, 0.15) is 89.7 Å². The van der Waals surface area contributed by atoms with Crippen LogP contribution in [-0.4, -0.2) is 17.0 Å². The lowest BCUT2D eigenvalue weighted by Crippen LogP contribution is -2.27. The van der Waals surface area contributed by atoms with Crippen molar-refractivity contribution >= 4 is 5.78 Å². The van der Waals surface area contributed by atoms with Gasteiger partial charge in [0.15, 0.2) is 0 Å². The molecule has 1 aromatic rings. The highest BCUT2D eigenvalue weighted by Gasteiger charge is 2.27. The Morgan fingerprint density at radius 2 is 1.63 bits per heavy atom. The van der Waals surface area contributed by atoms with Crippen LogP contribution in [0.25, 0.3) is 0 Å². The van der Waals surface area contributed by atoms with Crippen LogP contribution in [0.4, 0.5) is 0 Å². The minimum absolute atomic E-state index is 0.0851. The molecule has 0 saturated heterocycles. The van der Waals surface area contributed by atoms with Crippen molar-refractivity contribution in [2.45, 2.75) is 97.5 Å². The molecule has 2 unspecified atom stereocenters. The minimum Gasteiger partial charge on any atom is -0.393 e. The van der Waals surface area contributed by atoms with Crippen LogP contribution in [0.3, 0.4) is 0 Å². The zero-order chi connectivity index (χ0) is 19.6. The summed E-state index contributed by atoms with van der Waals surface area (Å²) in [6.45, 7) is 6.15. The molecule has 27 heavy (non-hydrogen) atoms. The van der Waals surface area contributed by atoms with Gasteiger partial charge in [0, 0.05) is 5.92 Å². The highest BCUT2D eigenvalue weighted by molar-refractivity contribution is 5.78. The molecule has 1 N–H and O–H groups in total. The quantitative estimate of drug-likeness (QED) is 0.507. The first-order valence-corrected chi connectivity index (χ1v) is 11.3. The van der Waals surface area contributed by atoms with E-state index in [-0.39, 0.29) is 17.8 Å². The summed E-state index contributed by atoms with van der Waals surface area (Å²) in [6, 6.07) is 8.77. The monoisotopic (exact) mass is 372 g/mol. The van der Waals surface area contributed by atoms with Crippen molar-refractivity contribution in [1.29, 1.82) is 0 Å². The number of ketones is 1. The molecule has 0 aromatic heterocycles. The fourth-order valence-electron chi connectivity index (χ4n) is 4.71. The van der Waals surface area contributed by atoms with E-state index in [0.29, 0.717) is 5.92 Å². The molecule has 2 heteroatoms. The van der Waals surface area contributed by atoms with Crippen molar-refractivity contribution in [1.82, 2.24) is 0 Å². The van der Waals surface area contributed by atoms with Crippen molar-refractivity contribution in [2.24, 2.45) is 17.8 Å². The molecule has 2 atom stereocenters. The average molecular weight is 373 g/mol. The van der Waals surface area contributed by atoms with E-state index in [2.05, 4.69) is 38.1 Å². The van der Waals surface area contributed by atoms with E-state index in [4.69, 9.17) is 0 Å². The van der Waals surface area contributed by atoms with Gasteiger partial charge in [-0.15, -0.1) is 0 Å². The third-order valence-corrected chi connectivity index (χ3v) is 6.73.